The molecule has 0 spiro atoms. The van der Waals surface area contributed by atoms with Crippen LogP contribution in [0.25, 0.3) is 0 Å². The molecule has 0 radical (unpaired) electrons. The third-order valence-electron chi connectivity index (χ3n) is 3.78. The summed E-state index contributed by atoms with van der Waals surface area (Å²) >= 11 is 3.62. The predicted octanol–water partition coefficient (Wildman–Crippen LogP) is 4.86. The molecule has 1 atom stereocenters. The van der Waals surface area contributed by atoms with E-state index < -0.39 is 0 Å². The van der Waals surface area contributed by atoms with Gasteiger partial charge in [0.15, 0.2) is 0 Å². The van der Waals surface area contributed by atoms with Crippen molar-refractivity contribution in [3.05, 3.63) is 69.7 Å². The van der Waals surface area contributed by atoms with Crippen LogP contribution < -0.4 is 5.73 Å². The van der Waals surface area contributed by atoms with Crippen LogP contribution in [0.1, 0.15) is 42.4 Å². The largest absolute Gasteiger partial charge is 0.330 e. The summed E-state index contributed by atoms with van der Waals surface area (Å²) in [5, 5.41) is 0. The number of benzene rings is 2. The number of nitrogens with two attached hydrogens (primary N) is 1. The van der Waals surface area contributed by atoms with Crippen LogP contribution >= 0.6 is 15.9 Å². The van der Waals surface area contributed by atoms with Gasteiger partial charge in [-0.1, -0.05) is 72.2 Å². The van der Waals surface area contributed by atoms with Gasteiger partial charge in [0, 0.05) is 10.4 Å². The Labute approximate surface area is 130 Å². The fourth-order valence-electron chi connectivity index (χ4n) is 2.42. The maximum atomic E-state index is 5.99. The maximum absolute atomic E-state index is 5.99. The van der Waals surface area contributed by atoms with E-state index in [1.807, 2.05) is 6.07 Å². The van der Waals surface area contributed by atoms with Gasteiger partial charge in [-0.25, -0.2) is 0 Å². The summed E-state index contributed by atoms with van der Waals surface area (Å²) in [4.78, 5) is 0. The third kappa shape index (κ3) is 3.71. The van der Waals surface area contributed by atoms with Gasteiger partial charge in [-0.2, -0.15) is 0 Å². The van der Waals surface area contributed by atoms with Crippen molar-refractivity contribution in [2.75, 3.05) is 6.54 Å². The zero-order valence-corrected chi connectivity index (χ0v) is 13.7. The SMILES string of the molecule is CC(C)c1ccc(C(CN)Cc2ccccc2Br)cc1. The molecule has 0 heterocycles. The van der Waals surface area contributed by atoms with Crippen LogP contribution in [0.15, 0.2) is 53.0 Å². The van der Waals surface area contributed by atoms with Crippen LogP contribution in [-0.4, -0.2) is 6.54 Å². The second-order valence-electron chi connectivity index (χ2n) is 5.55. The lowest BCUT2D eigenvalue weighted by atomic mass is 9.90. The molecule has 1 nitrogen and oxygen atoms in total. The molecule has 2 heteroatoms. The van der Waals surface area contributed by atoms with Crippen molar-refractivity contribution in [2.24, 2.45) is 5.73 Å². The van der Waals surface area contributed by atoms with Crippen molar-refractivity contribution < 1.29 is 0 Å². The lowest BCUT2D eigenvalue weighted by Crippen LogP contribution is -2.15. The van der Waals surface area contributed by atoms with E-state index in [2.05, 4.69) is 72.2 Å². The highest BCUT2D eigenvalue weighted by Gasteiger charge is 2.12. The van der Waals surface area contributed by atoms with E-state index in [0.717, 1.165) is 10.9 Å². The quantitative estimate of drug-likeness (QED) is 0.831. The highest BCUT2D eigenvalue weighted by molar-refractivity contribution is 9.10. The molecule has 0 aromatic heterocycles. The van der Waals surface area contributed by atoms with Crippen molar-refractivity contribution in [3.63, 3.8) is 0 Å². The third-order valence-corrected chi connectivity index (χ3v) is 4.56. The minimum Gasteiger partial charge on any atom is -0.330 e. The Morgan fingerprint density at radius 1 is 0.950 bits per heavy atom. The van der Waals surface area contributed by atoms with E-state index in [9.17, 15) is 0 Å². The van der Waals surface area contributed by atoms with Gasteiger partial charge in [0.1, 0.15) is 0 Å². The van der Waals surface area contributed by atoms with Crippen LogP contribution in [0.3, 0.4) is 0 Å². The van der Waals surface area contributed by atoms with Crippen molar-refractivity contribution in [1.29, 1.82) is 0 Å². The minimum absolute atomic E-state index is 0.370. The number of rotatable bonds is 5. The van der Waals surface area contributed by atoms with E-state index >= 15 is 0 Å². The van der Waals surface area contributed by atoms with E-state index in [4.69, 9.17) is 5.73 Å². The molecular formula is C18H22BrN. The molecule has 0 fully saturated rings. The minimum atomic E-state index is 0.370. The molecule has 2 aromatic rings. The molecule has 0 amide bonds. The fourth-order valence-corrected chi connectivity index (χ4v) is 2.87. The van der Waals surface area contributed by atoms with Crippen molar-refractivity contribution in [1.82, 2.24) is 0 Å². The van der Waals surface area contributed by atoms with Crippen molar-refractivity contribution in [3.8, 4) is 0 Å². The van der Waals surface area contributed by atoms with E-state index in [1.165, 1.54) is 16.7 Å². The Morgan fingerprint density at radius 3 is 2.10 bits per heavy atom. The summed E-state index contributed by atoms with van der Waals surface area (Å²) in [6.45, 7) is 5.11. The first-order valence-corrected chi connectivity index (χ1v) is 7.94. The summed E-state index contributed by atoms with van der Waals surface area (Å²) in [5.74, 6) is 0.943. The van der Waals surface area contributed by atoms with Gasteiger partial charge in [-0.3, -0.25) is 0 Å². The van der Waals surface area contributed by atoms with E-state index in [-0.39, 0.29) is 0 Å². The van der Waals surface area contributed by atoms with E-state index in [0.29, 0.717) is 18.4 Å². The zero-order valence-electron chi connectivity index (χ0n) is 12.1. The molecule has 0 saturated carbocycles. The van der Waals surface area contributed by atoms with Gasteiger partial charge >= 0.3 is 0 Å². The molecule has 1 unspecified atom stereocenters. The Bertz CT molecular complexity index is 546. The molecule has 2 rings (SSSR count). The summed E-state index contributed by atoms with van der Waals surface area (Å²) in [5.41, 5.74) is 10.0. The Kier molecular flexibility index (Phi) is 5.38. The standard InChI is InChI=1S/C18H22BrN/c1-13(2)14-7-9-15(10-8-14)17(12-20)11-16-5-3-4-6-18(16)19/h3-10,13,17H,11-12,20H2,1-2H3. The molecule has 2 aromatic carbocycles. The first-order chi connectivity index (χ1) is 9.61. The van der Waals surface area contributed by atoms with Gasteiger partial charge < -0.3 is 5.73 Å². The second-order valence-corrected chi connectivity index (χ2v) is 6.40. The van der Waals surface area contributed by atoms with Crippen molar-refractivity contribution >= 4 is 15.9 Å². The Balaban J connectivity index is 2.18. The lowest BCUT2D eigenvalue weighted by Gasteiger charge is -2.17. The molecule has 0 aliphatic carbocycles. The fraction of sp³-hybridized carbons (Fsp3) is 0.333. The van der Waals surface area contributed by atoms with Crippen LogP contribution in [-0.2, 0) is 6.42 Å². The summed E-state index contributed by atoms with van der Waals surface area (Å²) < 4.78 is 1.16. The molecule has 0 saturated heterocycles. The van der Waals surface area contributed by atoms with Gasteiger partial charge in [-0.15, -0.1) is 0 Å². The predicted molar refractivity (Wildman–Crippen MR) is 90.2 cm³/mol. The Hall–Kier alpha value is -1.12. The topological polar surface area (TPSA) is 26.0 Å². The first-order valence-electron chi connectivity index (χ1n) is 7.15. The van der Waals surface area contributed by atoms with Crippen LogP contribution in [0, 0.1) is 0 Å². The van der Waals surface area contributed by atoms with Gasteiger partial charge in [0.2, 0.25) is 0 Å². The monoisotopic (exact) mass is 331 g/mol. The Morgan fingerprint density at radius 2 is 1.55 bits per heavy atom. The van der Waals surface area contributed by atoms with Crippen LogP contribution in [0.4, 0.5) is 0 Å². The van der Waals surface area contributed by atoms with Crippen molar-refractivity contribution in [2.45, 2.75) is 32.1 Å². The van der Waals surface area contributed by atoms with Gasteiger partial charge in [0.05, 0.1) is 0 Å². The second kappa shape index (κ2) is 7.05. The lowest BCUT2D eigenvalue weighted by molar-refractivity contribution is 0.691. The number of hydrogen-bond donors (Lipinski definition) is 1. The summed E-state index contributed by atoms with van der Waals surface area (Å²) in [6.07, 6.45) is 0.971. The van der Waals surface area contributed by atoms with Crippen LogP contribution in [0.2, 0.25) is 0 Å². The smallest absolute Gasteiger partial charge is 0.0207 e. The van der Waals surface area contributed by atoms with E-state index in [1.54, 1.807) is 0 Å². The molecule has 2 N–H and O–H groups in total. The highest BCUT2D eigenvalue weighted by Crippen LogP contribution is 2.26. The first kappa shape index (κ1) is 15.3. The molecular weight excluding hydrogens is 310 g/mol. The van der Waals surface area contributed by atoms with Gasteiger partial charge in [-0.05, 0) is 41.6 Å². The molecule has 0 aliphatic heterocycles. The number of halogens is 1. The maximum Gasteiger partial charge on any atom is 0.0207 e. The molecule has 0 aliphatic rings. The van der Waals surface area contributed by atoms with Crippen LogP contribution in [0.5, 0.6) is 0 Å². The number of hydrogen-bond acceptors (Lipinski definition) is 1. The summed E-state index contributed by atoms with van der Waals surface area (Å²) in [7, 11) is 0. The normalized spacial score (nSPS) is 12.7. The summed E-state index contributed by atoms with van der Waals surface area (Å²) in [6, 6.07) is 17.3. The average Bonchev–Trinajstić information content (AvgIpc) is 2.46. The molecule has 106 valence electrons. The van der Waals surface area contributed by atoms with Gasteiger partial charge in [0.25, 0.3) is 0 Å². The zero-order chi connectivity index (χ0) is 14.5. The molecule has 0 bridgehead atoms. The molecule has 20 heavy (non-hydrogen) atoms. The average molecular weight is 332 g/mol. The highest BCUT2D eigenvalue weighted by atomic mass is 79.9.